The molecule has 8 heteroatoms. The van der Waals surface area contributed by atoms with Crippen LogP contribution in [0.5, 0.6) is 0 Å². The van der Waals surface area contributed by atoms with Crippen molar-refractivity contribution in [2.75, 3.05) is 39.5 Å². The van der Waals surface area contributed by atoms with Crippen molar-refractivity contribution in [1.82, 2.24) is 8.61 Å². The third-order valence-electron chi connectivity index (χ3n) is 3.38. The van der Waals surface area contributed by atoms with Gasteiger partial charge in [0.15, 0.2) is 0 Å². The molecule has 1 aliphatic heterocycles. The Balaban J connectivity index is 2.65. The number of hydrogen-bond acceptors (Lipinski definition) is 5. The van der Waals surface area contributed by atoms with Crippen LogP contribution >= 0.6 is 11.8 Å². The summed E-state index contributed by atoms with van der Waals surface area (Å²) in [7, 11) is -0.696. The van der Waals surface area contributed by atoms with Crippen LogP contribution in [0.3, 0.4) is 0 Å². The highest BCUT2D eigenvalue weighted by atomic mass is 32.2. The molecule has 0 radical (unpaired) electrons. The van der Waals surface area contributed by atoms with Crippen molar-refractivity contribution >= 4 is 27.9 Å². The fourth-order valence-corrected chi connectivity index (χ4v) is 4.47. The van der Waals surface area contributed by atoms with Gasteiger partial charge in [-0.3, -0.25) is 4.79 Å². The molecule has 0 aliphatic carbocycles. The van der Waals surface area contributed by atoms with Crippen molar-refractivity contribution < 1.29 is 17.9 Å². The summed E-state index contributed by atoms with van der Waals surface area (Å²) >= 11 is 1.80. The first kappa shape index (κ1) is 17.7. The highest BCUT2D eigenvalue weighted by Gasteiger charge is 2.32. The number of ether oxygens (including phenoxy) is 1. The number of rotatable bonds is 5. The van der Waals surface area contributed by atoms with E-state index in [4.69, 9.17) is 0 Å². The second kappa shape index (κ2) is 7.11. The Kier molecular flexibility index (Phi) is 6.30. The second-order valence-corrected chi connectivity index (χ2v) is 9.25. The van der Waals surface area contributed by atoms with Crippen LogP contribution in [0.25, 0.3) is 0 Å². The third kappa shape index (κ3) is 4.91. The van der Waals surface area contributed by atoms with Gasteiger partial charge in [-0.15, -0.1) is 0 Å². The van der Waals surface area contributed by atoms with Gasteiger partial charge in [0.2, 0.25) is 0 Å². The number of esters is 1. The van der Waals surface area contributed by atoms with Crippen LogP contribution < -0.4 is 0 Å². The molecule has 0 saturated carbocycles. The summed E-state index contributed by atoms with van der Waals surface area (Å²) in [6.07, 6.45) is 0.891. The summed E-state index contributed by atoms with van der Waals surface area (Å²) in [5.41, 5.74) is 0. The molecular formula is C12H24N2O4S2. The van der Waals surface area contributed by atoms with Gasteiger partial charge in [0.25, 0.3) is 10.2 Å². The average molecular weight is 324 g/mol. The van der Waals surface area contributed by atoms with Crippen molar-refractivity contribution in [3.05, 3.63) is 0 Å². The van der Waals surface area contributed by atoms with Gasteiger partial charge in [-0.1, -0.05) is 13.8 Å². The van der Waals surface area contributed by atoms with Crippen molar-refractivity contribution in [3.63, 3.8) is 0 Å². The van der Waals surface area contributed by atoms with Gasteiger partial charge in [0, 0.05) is 37.2 Å². The molecule has 20 heavy (non-hydrogen) atoms. The molecule has 0 atom stereocenters. The van der Waals surface area contributed by atoms with Crippen molar-refractivity contribution in [2.45, 2.75) is 31.4 Å². The Labute approximate surface area is 126 Å². The van der Waals surface area contributed by atoms with Crippen molar-refractivity contribution in [1.29, 1.82) is 0 Å². The van der Waals surface area contributed by atoms with Crippen LogP contribution in [-0.2, 0) is 19.7 Å². The van der Waals surface area contributed by atoms with E-state index in [2.05, 4.69) is 18.6 Å². The predicted molar refractivity (Wildman–Crippen MR) is 80.9 cm³/mol. The normalized spacial score (nSPS) is 20.6. The zero-order chi connectivity index (χ0) is 15.4. The van der Waals surface area contributed by atoms with E-state index >= 15 is 0 Å². The molecule has 0 spiro atoms. The first-order valence-corrected chi connectivity index (χ1v) is 8.99. The smallest absolute Gasteiger partial charge is 0.306 e. The minimum atomic E-state index is -3.49. The standard InChI is InChI=1S/C12H24N2O4S2/c1-12(2)6-8-14(9-10-19-12)20(16,17)13(3)7-5-11(15)18-4/h5-10H2,1-4H3. The minimum Gasteiger partial charge on any atom is -0.469 e. The second-order valence-electron chi connectivity index (χ2n) is 5.41. The lowest BCUT2D eigenvalue weighted by Crippen LogP contribution is -2.43. The molecule has 118 valence electrons. The van der Waals surface area contributed by atoms with E-state index in [1.165, 1.54) is 22.8 Å². The van der Waals surface area contributed by atoms with Gasteiger partial charge in [-0.2, -0.15) is 28.8 Å². The average Bonchev–Trinajstić information content (AvgIpc) is 2.56. The maximum atomic E-state index is 12.4. The molecular weight excluding hydrogens is 300 g/mol. The summed E-state index contributed by atoms with van der Waals surface area (Å²) < 4.78 is 32.3. The van der Waals surface area contributed by atoms with E-state index in [1.807, 2.05) is 0 Å². The van der Waals surface area contributed by atoms with Crippen LogP contribution in [0.2, 0.25) is 0 Å². The van der Waals surface area contributed by atoms with Crippen molar-refractivity contribution in [3.8, 4) is 0 Å². The third-order valence-corrected chi connectivity index (χ3v) is 6.74. The summed E-state index contributed by atoms with van der Waals surface area (Å²) in [4.78, 5) is 11.1. The molecule has 0 aromatic heterocycles. The topological polar surface area (TPSA) is 66.9 Å². The molecule has 1 aliphatic rings. The van der Waals surface area contributed by atoms with Gasteiger partial charge in [0.1, 0.15) is 0 Å². The van der Waals surface area contributed by atoms with E-state index in [0.29, 0.717) is 13.1 Å². The molecule has 1 rings (SSSR count). The summed E-state index contributed by atoms with van der Waals surface area (Å²) in [6.45, 7) is 5.44. The summed E-state index contributed by atoms with van der Waals surface area (Å²) in [6, 6.07) is 0. The van der Waals surface area contributed by atoms with E-state index in [9.17, 15) is 13.2 Å². The molecule has 0 unspecified atom stereocenters. The van der Waals surface area contributed by atoms with Crippen LogP contribution in [0.4, 0.5) is 0 Å². The molecule has 1 heterocycles. The number of thioether (sulfide) groups is 1. The highest BCUT2D eigenvalue weighted by molar-refractivity contribution is 8.00. The van der Waals surface area contributed by atoms with Gasteiger partial charge >= 0.3 is 5.97 Å². The minimum absolute atomic E-state index is 0.0698. The van der Waals surface area contributed by atoms with Gasteiger partial charge in [0.05, 0.1) is 13.5 Å². The molecule has 1 saturated heterocycles. The number of carbonyl (C=O) groups excluding carboxylic acids is 1. The van der Waals surface area contributed by atoms with E-state index < -0.39 is 16.2 Å². The quantitative estimate of drug-likeness (QED) is 0.704. The molecule has 0 amide bonds. The fraction of sp³-hybridized carbons (Fsp3) is 0.917. The van der Waals surface area contributed by atoms with E-state index in [1.54, 1.807) is 11.8 Å². The zero-order valence-corrected chi connectivity index (χ0v) is 14.2. The molecule has 0 aromatic rings. The molecule has 1 fully saturated rings. The number of methoxy groups -OCH3 is 1. The lowest BCUT2D eigenvalue weighted by Gasteiger charge is -2.26. The lowest BCUT2D eigenvalue weighted by molar-refractivity contribution is -0.140. The Morgan fingerprint density at radius 1 is 1.40 bits per heavy atom. The number of carbonyl (C=O) groups is 1. The van der Waals surface area contributed by atoms with Crippen LogP contribution in [0, 0.1) is 0 Å². The van der Waals surface area contributed by atoms with Crippen molar-refractivity contribution in [2.24, 2.45) is 0 Å². The first-order chi connectivity index (χ1) is 9.19. The largest absolute Gasteiger partial charge is 0.469 e. The highest BCUT2D eigenvalue weighted by Crippen LogP contribution is 2.31. The molecule has 0 N–H and O–H groups in total. The Morgan fingerprint density at radius 2 is 2.05 bits per heavy atom. The maximum Gasteiger partial charge on any atom is 0.306 e. The summed E-state index contributed by atoms with van der Waals surface area (Å²) in [5.74, 6) is 0.386. The van der Waals surface area contributed by atoms with E-state index in [-0.39, 0.29) is 17.7 Å². The van der Waals surface area contributed by atoms with Crippen LogP contribution in [0.15, 0.2) is 0 Å². The maximum absolute atomic E-state index is 12.4. The first-order valence-electron chi connectivity index (χ1n) is 6.61. The van der Waals surface area contributed by atoms with E-state index in [0.717, 1.165) is 12.2 Å². The van der Waals surface area contributed by atoms with Crippen LogP contribution in [-0.4, -0.2) is 67.3 Å². The molecule has 0 aromatic carbocycles. The predicted octanol–water partition coefficient (Wildman–Crippen LogP) is 0.944. The fourth-order valence-electron chi connectivity index (χ4n) is 1.90. The zero-order valence-electron chi connectivity index (χ0n) is 12.6. The Morgan fingerprint density at radius 3 is 2.65 bits per heavy atom. The van der Waals surface area contributed by atoms with Gasteiger partial charge < -0.3 is 4.74 Å². The molecule has 6 nitrogen and oxygen atoms in total. The summed E-state index contributed by atoms with van der Waals surface area (Å²) in [5, 5.41) is 0. The van der Waals surface area contributed by atoms with Crippen LogP contribution in [0.1, 0.15) is 26.7 Å². The molecule has 0 bridgehead atoms. The number of hydrogen-bond donors (Lipinski definition) is 0. The van der Waals surface area contributed by atoms with Gasteiger partial charge in [-0.25, -0.2) is 0 Å². The SMILES string of the molecule is COC(=O)CCN(C)S(=O)(=O)N1CCSC(C)(C)CC1. The van der Waals surface area contributed by atoms with Gasteiger partial charge in [-0.05, 0) is 6.42 Å². The lowest BCUT2D eigenvalue weighted by atomic mass is 10.1. The monoisotopic (exact) mass is 324 g/mol. The Bertz CT molecular complexity index is 437. The number of nitrogens with zero attached hydrogens (tertiary/aromatic N) is 2. The Hall–Kier alpha value is -0.310.